The topological polar surface area (TPSA) is 123 Å². The third-order valence-corrected chi connectivity index (χ3v) is 6.19. The lowest BCUT2D eigenvalue weighted by Gasteiger charge is -2.08. The second kappa shape index (κ2) is 8.60. The van der Waals surface area contributed by atoms with Crippen LogP contribution in [-0.2, 0) is 20.1 Å². The number of rotatable bonds is 6. The molecule has 0 unspecified atom stereocenters. The van der Waals surface area contributed by atoms with Crippen molar-refractivity contribution in [2.24, 2.45) is 7.05 Å². The minimum Gasteiger partial charge on any atom is -0.478 e. The summed E-state index contributed by atoms with van der Waals surface area (Å²) in [5.74, 6) is -1.40. The predicted molar refractivity (Wildman–Crippen MR) is 119 cm³/mol. The van der Waals surface area contributed by atoms with Gasteiger partial charge in [0.05, 0.1) is 22.4 Å². The van der Waals surface area contributed by atoms with Crippen molar-refractivity contribution in [1.29, 1.82) is 0 Å². The molecule has 0 aliphatic rings. The van der Waals surface area contributed by atoms with Crippen molar-refractivity contribution in [1.82, 2.24) is 19.4 Å². The van der Waals surface area contributed by atoms with Gasteiger partial charge in [-0.2, -0.15) is 0 Å². The van der Waals surface area contributed by atoms with E-state index < -0.39 is 17.2 Å². The van der Waals surface area contributed by atoms with Crippen LogP contribution >= 0.6 is 11.3 Å². The van der Waals surface area contributed by atoms with Gasteiger partial charge in [-0.25, -0.2) is 9.59 Å². The first-order chi connectivity index (χ1) is 15.3. The van der Waals surface area contributed by atoms with E-state index in [4.69, 9.17) is 5.11 Å². The molecule has 32 heavy (non-hydrogen) atoms. The van der Waals surface area contributed by atoms with Crippen LogP contribution in [0.5, 0.6) is 0 Å². The summed E-state index contributed by atoms with van der Waals surface area (Å²) in [7, 11) is 1.54. The summed E-state index contributed by atoms with van der Waals surface area (Å²) in [5.41, 5.74) is 0.590. The highest BCUT2D eigenvalue weighted by atomic mass is 32.1. The molecule has 4 rings (SSSR count). The highest BCUT2D eigenvalue weighted by molar-refractivity contribution is 7.20. The number of nitrogens with one attached hydrogen (secondary N) is 1. The molecule has 0 bridgehead atoms. The molecule has 0 atom stereocenters. The van der Waals surface area contributed by atoms with Crippen molar-refractivity contribution >= 4 is 33.4 Å². The summed E-state index contributed by atoms with van der Waals surface area (Å²) in [6.45, 7) is 0.297. The average molecular weight is 450 g/mol. The Bertz CT molecular complexity index is 1440. The van der Waals surface area contributed by atoms with Crippen molar-refractivity contribution < 1.29 is 14.7 Å². The van der Waals surface area contributed by atoms with Gasteiger partial charge in [0.2, 0.25) is 0 Å². The lowest BCUT2D eigenvalue weighted by Crippen LogP contribution is -2.38. The minimum absolute atomic E-state index is 0.0131. The molecular weight excluding hydrogens is 432 g/mol. The van der Waals surface area contributed by atoms with E-state index in [1.807, 2.05) is 0 Å². The van der Waals surface area contributed by atoms with Crippen LogP contribution in [0.3, 0.4) is 0 Å². The van der Waals surface area contributed by atoms with Crippen LogP contribution in [-0.4, -0.2) is 31.1 Å². The summed E-state index contributed by atoms with van der Waals surface area (Å²) in [5, 5.41) is 12.1. The van der Waals surface area contributed by atoms with Crippen molar-refractivity contribution in [3.8, 4) is 0 Å². The summed E-state index contributed by atoms with van der Waals surface area (Å²) in [6, 6.07) is 11.0. The number of carboxylic acid groups (broad SMARTS) is 1. The minimum atomic E-state index is -1.06. The van der Waals surface area contributed by atoms with E-state index in [9.17, 15) is 19.2 Å². The Morgan fingerprint density at radius 1 is 1.06 bits per heavy atom. The van der Waals surface area contributed by atoms with Gasteiger partial charge in [0.15, 0.2) is 0 Å². The maximum atomic E-state index is 13.0. The molecule has 9 nitrogen and oxygen atoms in total. The normalized spacial score (nSPS) is 10.9. The molecule has 0 aliphatic carbocycles. The molecule has 162 valence electrons. The Labute approximate surface area is 185 Å². The van der Waals surface area contributed by atoms with Crippen molar-refractivity contribution in [2.75, 3.05) is 0 Å². The number of carbonyl (C=O) groups is 2. The fourth-order valence-electron chi connectivity index (χ4n) is 3.24. The molecule has 4 aromatic rings. The van der Waals surface area contributed by atoms with Crippen molar-refractivity contribution in [2.45, 2.75) is 13.1 Å². The van der Waals surface area contributed by atoms with Gasteiger partial charge < -0.3 is 10.4 Å². The number of aromatic carboxylic acids is 1. The molecular formula is C22H18N4O5S. The van der Waals surface area contributed by atoms with Crippen LogP contribution < -0.4 is 16.6 Å². The molecule has 1 amide bonds. The molecule has 10 heteroatoms. The average Bonchev–Trinajstić information content (AvgIpc) is 3.26. The van der Waals surface area contributed by atoms with Crippen LogP contribution in [0.2, 0.25) is 0 Å². The molecule has 3 heterocycles. The lowest BCUT2D eigenvalue weighted by atomic mass is 10.1. The molecule has 0 saturated carbocycles. The molecule has 0 aliphatic heterocycles. The number of hydrogen-bond donors (Lipinski definition) is 2. The number of nitrogens with zero attached hydrogens (tertiary/aromatic N) is 3. The van der Waals surface area contributed by atoms with Crippen LogP contribution in [0, 0.1) is 0 Å². The zero-order valence-electron chi connectivity index (χ0n) is 16.9. The second-order valence-electron chi connectivity index (χ2n) is 7.10. The molecule has 0 spiro atoms. The summed E-state index contributed by atoms with van der Waals surface area (Å²) >= 11 is 1.08. The monoisotopic (exact) mass is 450 g/mol. The number of pyridine rings is 1. The second-order valence-corrected chi connectivity index (χ2v) is 8.13. The number of benzene rings is 1. The number of fused-ring (bicyclic) bond motifs is 1. The van der Waals surface area contributed by atoms with Crippen molar-refractivity contribution in [3.05, 3.63) is 97.3 Å². The number of aryl methyl sites for hydroxylation is 1. The summed E-state index contributed by atoms with van der Waals surface area (Å²) in [6.07, 6.45) is 3.27. The van der Waals surface area contributed by atoms with Crippen LogP contribution in [0.4, 0.5) is 0 Å². The van der Waals surface area contributed by atoms with Crippen LogP contribution in [0.1, 0.15) is 31.2 Å². The highest BCUT2D eigenvalue weighted by Crippen LogP contribution is 2.22. The maximum Gasteiger partial charge on any atom is 0.335 e. The summed E-state index contributed by atoms with van der Waals surface area (Å²) in [4.78, 5) is 54.1. The third-order valence-electron chi connectivity index (χ3n) is 4.98. The Balaban J connectivity index is 1.64. The van der Waals surface area contributed by atoms with Gasteiger partial charge in [-0.1, -0.05) is 12.1 Å². The van der Waals surface area contributed by atoms with E-state index in [1.165, 1.54) is 22.8 Å². The predicted octanol–water partition coefficient (Wildman–Crippen LogP) is 1.83. The summed E-state index contributed by atoms with van der Waals surface area (Å²) < 4.78 is 2.41. The van der Waals surface area contributed by atoms with E-state index in [-0.39, 0.29) is 23.4 Å². The first-order valence-corrected chi connectivity index (χ1v) is 10.4. The first-order valence-electron chi connectivity index (χ1n) is 9.58. The number of hydrogen-bond acceptors (Lipinski definition) is 6. The van der Waals surface area contributed by atoms with Gasteiger partial charge in [-0.15, -0.1) is 11.3 Å². The number of carboxylic acids is 1. The molecule has 1 aromatic carbocycles. The highest BCUT2D eigenvalue weighted by Gasteiger charge is 2.18. The van der Waals surface area contributed by atoms with Crippen LogP contribution in [0.15, 0.2) is 64.4 Å². The van der Waals surface area contributed by atoms with Crippen molar-refractivity contribution in [3.63, 3.8) is 0 Å². The van der Waals surface area contributed by atoms with E-state index in [0.29, 0.717) is 21.8 Å². The molecule has 0 radical (unpaired) electrons. The molecule has 0 saturated heterocycles. The fraction of sp³-hybridized carbons (Fsp3) is 0.136. The lowest BCUT2D eigenvalue weighted by molar-refractivity contribution is 0.0696. The maximum absolute atomic E-state index is 13.0. The number of amides is 1. The Morgan fingerprint density at radius 3 is 2.41 bits per heavy atom. The first kappa shape index (κ1) is 21.2. The SMILES string of the molecule is Cn1c(=O)n(Cc2ccc(C(=O)O)cc2)c(=O)c2cc(C(=O)NCc3ccncc3)sc21. The van der Waals surface area contributed by atoms with Gasteiger partial charge in [0.1, 0.15) is 4.83 Å². The van der Waals surface area contributed by atoms with Gasteiger partial charge in [0, 0.05) is 26.0 Å². The smallest absolute Gasteiger partial charge is 0.335 e. The Morgan fingerprint density at radius 2 is 1.75 bits per heavy atom. The zero-order chi connectivity index (χ0) is 22.8. The number of thiophene rings is 1. The zero-order valence-corrected chi connectivity index (χ0v) is 17.8. The molecule has 2 N–H and O–H groups in total. The molecule has 0 fully saturated rings. The third kappa shape index (κ3) is 4.08. The van der Waals surface area contributed by atoms with E-state index in [1.54, 1.807) is 43.7 Å². The fourth-order valence-corrected chi connectivity index (χ4v) is 4.26. The van der Waals surface area contributed by atoms with Gasteiger partial charge in [-0.05, 0) is 41.5 Å². The quantitative estimate of drug-likeness (QED) is 0.462. The van der Waals surface area contributed by atoms with E-state index in [0.717, 1.165) is 21.5 Å². The Kier molecular flexibility index (Phi) is 5.69. The van der Waals surface area contributed by atoms with Gasteiger partial charge in [0.25, 0.3) is 11.5 Å². The Hall–Kier alpha value is -4.05. The van der Waals surface area contributed by atoms with Gasteiger partial charge in [-0.3, -0.25) is 23.7 Å². The molecule has 3 aromatic heterocycles. The number of aromatic nitrogens is 3. The number of carbonyl (C=O) groups excluding carboxylic acids is 1. The largest absolute Gasteiger partial charge is 0.478 e. The van der Waals surface area contributed by atoms with Crippen LogP contribution in [0.25, 0.3) is 10.2 Å². The van der Waals surface area contributed by atoms with E-state index in [2.05, 4.69) is 10.3 Å². The standard InChI is InChI=1S/C22H18N4O5S/c1-25-20-16(10-17(32-20)18(27)24-11-13-6-8-23-9-7-13)19(28)26(22(25)31)12-14-2-4-15(5-3-14)21(29)30/h2-10H,11-12H2,1H3,(H,24,27)(H,29,30). The van der Waals surface area contributed by atoms with Gasteiger partial charge >= 0.3 is 11.7 Å². The van der Waals surface area contributed by atoms with E-state index >= 15 is 0 Å².